The average Bonchev–Trinajstić information content (AvgIpc) is 2.04. The summed E-state index contributed by atoms with van der Waals surface area (Å²) >= 11 is 0. The molecule has 2 N–H and O–H groups in total. The summed E-state index contributed by atoms with van der Waals surface area (Å²) in [4.78, 5) is 4.09. The van der Waals surface area contributed by atoms with E-state index in [1.54, 1.807) is 6.07 Å². The first-order valence-corrected chi connectivity index (χ1v) is 3.83. The number of nitrogens with two attached hydrogens (primary N) is 1. The highest BCUT2D eigenvalue weighted by molar-refractivity contribution is 5.29. The van der Waals surface area contributed by atoms with Gasteiger partial charge >= 0.3 is 0 Å². The van der Waals surface area contributed by atoms with Gasteiger partial charge in [0.15, 0.2) is 0 Å². The van der Waals surface area contributed by atoms with Gasteiger partial charge < -0.3 is 5.73 Å². The van der Waals surface area contributed by atoms with E-state index in [-0.39, 0.29) is 5.92 Å². The Hall–Kier alpha value is -1.56. The molecule has 0 bridgehead atoms. The second kappa shape index (κ2) is 3.72. The molecule has 1 aromatic rings. The predicted molar refractivity (Wildman–Crippen MR) is 47.1 cm³/mol. The third-order valence-electron chi connectivity index (χ3n) is 1.56. The van der Waals surface area contributed by atoms with Crippen LogP contribution >= 0.6 is 0 Å². The van der Waals surface area contributed by atoms with Gasteiger partial charge in [0, 0.05) is 18.0 Å². The van der Waals surface area contributed by atoms with E-state index in [1.807, 2.05) is 19.1 Å². The van der Waals surface area contributed by atoms with Crippen molar-refractivity contribution in [1.29, 1.82) is 5.26 Å². The molecular formula is C9H11N3. The van der Waals surface area contributed by atoms with Gasteiger partial charge in [0.1, 0.15) is 5.82 Å². The molecule has 0 spiro atoms. The van der Waals surface area contributed by atoms with Crippen molar-refractivity contribution in [2.24, 2.45) is 5.92 Å². The zero-order valence-corrected chi connectivity index (χ0v) is 6.99. The van der Waals surface area contributed by atoms with E-state index in [4.69, 9.17) is 11.0 Å². The number of nitrogens with zero attached hydrogens (tertiary/aromatic N) is 2. The summed E-state index contributed by atoms with van der Waals surface area (Å²) in [5.41, 5.74) is 6.36. The summed E-state index contributed by atoms with van der Waals surface area (Å²) in [5.74, 6) is 0.511. The topological polar surface area (TPSA) is 62.7 Å². The summed E-state index contributed by atoms with van der Waals surface area (Å²) in [5, 5.41) is 8.56. The van der Waals surface area contributed by atoms with Gasteiger partial charge in [-0.05, 0) is 19.1 Å². The fourth-order valence-electron chi connectivity index (χ4n) is 0.971. The first-order valence-electron chi connectivity index (χ1n) is 3.83. The van der Waals surface area contributed by atoms with Crippen LogP contribution in [-0.2, 0) is 6.42 Å². The number of hydrogen-bond acceptors (Lipinski definition) is 3. The zero-order chi connectivity index (χ0) is 8.97. The molecule has 0 radical (unpaired) electrons. The molecule has 1 heterocycles. The number of nitrogen functional groups attached to an aromatic ring is 1. The number of aromatic nitrogens is 1. The minimum atomic E-state index is -0.000648. The lowest BCUT2D eigenvalue weighted by atomic mass is 10.1. The lowest BCUT2D eigenvalue weighted by Crippen LogP contribution is -2.00. The van der Waals surface area contributed by atoms with Crippen LogP contribution in [0, 0.1) is 17.2 Å². The lowest BCUT2D eigenvalue weighted by Gasteiger charge is -2.01. The van der Waals surface area contributed by atoms with E-state index in [0.717, 1.165) is 5.69 Å². The van der Waals surface area contributed by atoms with Gasteiger partial charge in [0.25, 0.3) is 0 Å². The van der Waals surface area contributed by atoms with Gasteiger partial charge in [-0.25, -0.2) is 4.98 Å². The molecule has 1 aromatic heterocycles. The van der Waals surface area contributed by atoms with Crippen LogP contribution in [0.5, 0.6) is 0 Å². The van der Waals surface area contributed by atoms with Crippen molar-refractivity contribution in [3.8, 4) is 6.07 Å². The van der Waals surface area contributed by atoms with Gasteiger partial charge in [-0.1, -0.05) is 6.07 Å². The molecule has 1 atom stereocenters. The summed E-state index contributed by atoms with van der Waals surface area (Å²) in [6, 6.07) is 7.62. The van der Waals surface area contributed by atoms with Crippen molar-refractivity contribution >= 4 is 5.82 Å². The van der Waals surface area contributed by atoms with Gasteiger partial charge in [-0.15, -0.1) is 0 Å². The average molecular weight is 161 g/mol. The smallest absolute Gasteiger partial charge is 0.123 e. The molecule has 1 rings (SSSR count). The van der Waals surface area contributed by atoms with E-state index in [9.17, 15) is 0 Å². The van der Waals surface area contributed by atoms with Gasteiger partial charge in [0.05, 0.1) is 6.07 Å². The van der Waals surface area contributed by atoms with Gasteiger partial charge in [-0.2, -0.15) is 5.26 Å². The highest BCUT2D eigenvalue weighted by Crippen LogP contribution is 2.06. The van der Waals surface area contributed by atoms with Crippen molar-refractivity contribution < 1.29 is 0 Å². The van der Waals surface area contributed by atoms with E-state index in [0.29, 0.717) is 12.2 Å². The summed E-state index contributed by atoms with van der Waals surface area (Å²) in [7, 11) is 0. The maximum Gasteiger partial charge on any atom is 0.123 e. The van der Waals surface area contributed by atoms with E-state index < -0.39 is 0 Å². The largest absolute Gasteiger partial charge is 0.384 e. The Morgan fingerprint density at radius 2 is 2.42 bits per heavy atom. The number of hydrogen-bond donors (Lipinski definition) is 1. The monoisotopic (exact) mass is 161 g/mol. The van der Waals surface area contributed by atoms with Crippen molar-refractivity contribution in [3.05, 3.63) is 23.9 Å². The van der Waals surface area contributed by atoms with Crippen molar-refractivity contribution in [3.63, 3.8) is 0 Å². The third kappa shape index (κ3) is 2.24. The van der Waals surface area contributed by atoms with Crippen LogP contribution in [-0.4, -0.2) is 4.98 Å². The molecule has 3 nitrogen and oxygen atoms in total. The molecule has 0 aliphatic heterocycles. The normalized spacial score (nSPS) is 12.0. The van der Waals surface area contributed by atoms with E-state index >= 15 is 0 Å². The Morgan fingerprint density at radius 3 is 3.00 bits per heavy atom. The molecule has 0 fully saturated rings. The van der Waals surface area contributed by atoms with Gasteiger partial charge in [0.2, 0.25) is 0 Å². The van der Waals surface area contributed by atoms with E-state index in [1.165, 1.54) is 0 Å². The number of nitriles is 1. The summed E-state index contributed by atoms with van der Waals surface area (Å²) in [6.45, 7) is 1.87. The van der Waals surface area contributed by atoms with Crippen molar-refractivity contribution in [2.75, 3.05) is 5.73 Å². The highest BCUT2D eigenvalue weighted by atomic mass is 14.8. The second-order valence-electron chi connectivity index (χ2n) is 2.79. The molecule has 62 valence electrons. The minimum absolute atomic E-state index is 0.000648. The zero-order valence-electron chi connectivity index (χ0n) is 6.99. The van der Waals surface area contributed by atoms with E-state index in [2.05, 4.69) is 11.1 Å². The standard InChI is InChI=1S/C9H11N3/c1-7(6-10)5-8-3-2-4-9(11)12-8/h2-4,7H,5H2,1H3,(H2,11,12). The third-order valence-corrected chi connectivity index (χ3v) is 1.56. The molecule has 1 unspecified atom stereocenters. The van der Waals surface area contributed by atoms with Crippen LogP contribution < -0.4 is 5.73 Å². The molecular weight excluding hydrogens is 150 g/mol. The fourth-order valence-corrected chi connectivity index (χ4v) is 0.971. The Bertz CT molecular complexity index is 301. The Balaban J connectivity index is 2.71. The molecule has 0 amide bonds. The molecule has 0 aromatic carbocycles. The number of pyridine rings is 1. The Kier molecular flexibility index (Phi) is 2.65. The molecule has 3 heteroatoms. The summed E-state index contributed by atoms with van der Waals surface area (Å²) in [6.07, 6.45) is 0.668. The van der Waals surface area contributed by atoms with Crippen LogP contribution in [0.2, 0.25) is 0 Å². The van der Waals surface area contributed by atoms with Crippen LogP contribution in [0.25, 0.3) is 0 Å². The number of anilines is 1. The second-order valence-corrected chi connectivity index (χ2v) is 2.79. The van der Waals surface area contributed by atoms with Crippen molar-refractivity contribution in [1.82, 2.24) is 4.98 Å². The highest BCUT2D eigenvalue weighted by Gasteiger charge is 2.02. The van der Waals surface area contributed by atoms with Crippen LogP contribution in [0.15, 0.2) is 18.2 Å². The SMILES string of the molecule is CC(C#N)Cc1cccc(N)n1. The number of rotatable bonds is 2. The molecule has 12 heavy (non-hydrogen) atoms. The minimum Gasteiger partial charge on any atom is -0.384 e. The maximum absolute atomic E-state index is 8.56. The quantitative estimate of drug-likeness (QED) is 0.712. The Labute approximate surface area is 71.8 Å². The first-order chi connectivity index (χ1) is 5.72. The fraction of sp³-hybridized carbons (Fsp3) is 0.333. The summed E-state index contributed by atoms with van der Waals surface area (Å²) < 4.78 is 0. The Morgan fingerprint density at radius 1 is 1.67 bits per heavy atom. The van der Waals surface area contributed by atoms with Crippen molar-refractivity contribution in [2.45, 2.75) is 13.3 Å². The molecule has 0 aliphatic carbocycles. The van der Waals surface area contributed by atoms with Crippen LogP contribution in [0.1, 0.15) is 12.6 Å². The lowest BCUT2D eigenvalue weighted by molar-refractivity contribution is 0.722. The molecule has 0 aliphatic rings. The molecule has 0 saturated heterocycles. The van der Waals surface area contributed by atoms with Crippen LogP contribution in [0.4, 0.5) is 5.82 Å². The van der Waals surface area contributed by atoms with Gasteiger partial charge in [-0.3, -0.25) is 0 Å². The molecule has 0 saturated carbocycles. The predicted octanol–water partition coefficient (Wildman–Crippen LogP) is 1.37. The maximum atomic E-state index is 8.56. The first kappa shape index (κ1) is 8.54. The van der Waals surface area contributed by atoms with Crippen LogP contribution in [0.3, 0.4) is 0 Å².